The number of benzene rings is 8. The molecule has 0 fully saturated rings. The summed E-state index contributed by atoms with van der Waals surface area (Å²) in [6.45, 7) is 0. The monoisotopic (exact) mass is 792 g/mol. The number of hydrogen-bond acceptors (Lipinski definition) is 4. The Morgan fingerprint density at radius 1 is 0.258 bits per heavy atom. The van der Waals surface area contributed by atoms with Crippen molar-refractivity contribution in [1.29, 1.82) is 0 Å². The zero-order valence-electron chi connectivity index (χ0n) is 33.5. The molecule has 6 heteroatoms. The van der Waals surface area contributed by atoms with E-state index in [1.165, 1.54) is 10.8 Å². The Morgan fingerprint density at radius 2 is 0.694 bits per heavy atom. The van der Waals surface area contributed by atoms with Gasteiger partial charge in [0.05, 0.1) is 33.5 Å². The van der Waals surface area contributed by atoms with Gasteiger partial charge in [-0.15, -0.1) is 0 Å². The first-order chi connectivity index (χ1) is 30.7. The number of rotatable bonds is 7. The normalized spacial score (nSPS) is 11.5. The van der Waals surface area contributed by atoms with Gasteiger partial charge in [-0.1, -0.05) is 170 Å². The molecule has 0 radical (unpaired) electrons. The summed E-state index contributed by atoms with van der Waals surface area (Å²) in [6.07, 6.45) is 0. The van der Waals surface area contributed by atoms with E-state index in [1.54, 1.807) is 0 Å². The van der Waals surface area contributed by atoms with Gasteiger partial charge < -0.3 is 4.57 Å². The van der Waals surface area contributed by atoms with E-state index in [1.807, 2.05) is 72.8 Å². The fourth-order valence-corrected chi connectivity index (χ4v) is 8.84. The van der Waals surface area contributed by atoms with Crippen LogP contribution in [0, 0.1) is 0 Å². The molecule has 0 saturated heterocycles. The molecule has 290 valence electrons. The van der Waals surface area contributed by atoms with E-state index >= 15 is 0 Å². The summed E-state index contributed by atoms with van der Waals surface area (Å²) in [5, 5.41) is 4.64. The van der Waals surface area contributed by atoms with Crippen molar-refractivity contribution in [2.45, 2.75) is 0 Å². The highest BCUT2D eigenvalue weighted by Crippen LogP contribution is 2.40. The van der Waals surface area contributed by atoms with Crippen LogP contribution in [-0.4, -0.2) is 29.1 Å². The third-order valence-electron chi connectivity index (χ3n) is 11.8. The molecule has 12 aromatic rings. The second-order valence-electron chi connectivity index (χ2n) is 15.5. The Labute approximate surface area is 357 Å². The van der Waals surface area contributed by atoms with E-state index in [0.717, 1.165) is 83.3 Å². The van der Waals surface area contributed by atoms with Crippen molar-refractivity contribution in [3.63, 3.8) is 0 Å². The molecule has 4 heterocycles. The van der Waals surface area contributed by atoms with Crippen LogP contribution in [-0.2, 0) is 0 Å². The maximum atomic E-state index is 5.19. The lowest BCUT2D eigenvalue weighted by atomic mass is 10.00. The number of hydrogen-bond donors (Lipinski definition) is 0. The largest absolute Gasteiger partial charge is 0.309 e. The van der Waals surface area contributed by atoms with Gasteiger partial charge in [-0.3, -0.25) is 4.57 Å². The fourth-order valence-electron chi connectivity index (χ4n) is 8.84. The van der Waals surface area contributed by atoms with E-state index < -0.39 is 0 Å². The second-order valence-corrected chi connectivity index (χ2v) is 15.5. The third-order valence-corrected chi connectivity index (χ3v) is 11.8. The standard InChI is InChI=1S/C56H36N6/c1-5-17-38(18-6-1)48-33-42(34-49(57-48)39-19-7-2-8-20-39)37-29-31-43(32-30-37)61-50-27-15-13-25-44(50)46-35-47-45-26-14-16-28-51(45)62(53(47)36-52(46)61)56-59-54(40-21-9-3-10-22-40)58-55(60-56)41-23-11-4-12-24-41/h1-36H. The highest BCUT2D eigenvalue weighted by atomic mass is 15.2. The molecule has 0 aliphatic carbocycles. The number of nitrogens with zero attached hydrogens (tertiary/aromatic N) is 6. The average Bonchev–Trinajstić information content (AvgIpc) is 3.86. The van der Waals surface area contributed by atoms with Gasteiger partial charge in [-0.2, -0.15) is 9.97 Å². The Morgan fingerprint density at radius 3 is 1.21 bits per heavy atom. The summed E-state index contributed by atoms with van der Waals surface area (Å²) in [6, 6.07) is 76.3. The quantitative estimate of drug-likeness (QED) is 0.161. The molecule has 0 aliphatic rings. The minimum Gasteiger partial charge on any atom is -0.309 e. The molecule has 0 spiro atoms. The third kappa shape index (κ3) is 6.04. The van der Waals surface area contributed by atoms with Crippen molar-refractivity contribution in [2.24, 2.45) is 0 Å². The summed E-state index contributed by atoms with van der Waals surface area (Å²) < 4.78 is 4.58. The fraction of sp³-hybridized carbons (Fsp3) is 0. The van der Waals surface area contributed by atoms with Crippen molar-refractivity contribution in [3.05, 3.63) is 218 Å². The summed E-state index contributed by atoms with van der Waals surface area (Å²) in [5.74, 6) is 1.81. The predicted molar refractivity (Wildman–Crippen MR) is 253 cm³/mol. The second kappa shape index (κ2) is 14.7. The van der Waals surface area contributed by atoms with Gasteiger partial charge in [0, 0.05) is 49.5 Å². The number of fused-ring (bicyclic) bond motifs is 6. The minimum atomic E-state index is 0.567. The van der Waals surface area contributed by atoms with E-state index in [4.69, 9.17) is 19.9 Å². The van der Waals surface area contributed by atoms with Crippen LogP contribution in [0.3, 0.4) is 0 Å². The van der Waals surface area contributed by atoms with Crippen LogP contribution in [0.25, 0.3) is 112 Å². The average molecular weight is 793 g/mol. The molecule has 8 aromatic carbocycles. The van der Waals surface area contributed by atoms with Crippen LogP contribution < -0.4 is 0 Å². The molecule has 12 rings (SSSR count). The zero-order valence-corrected chi connectivity index (χ0v) is 33.5. The highest BCUT2D eigenvalue weighted by Gasteiger charge is 2.21. The van der Waals surface area contributed by atoms with Gasteiger partial charge in [0.15, 0.2) is 11.6 Å². The smallest absolute Gasteiger partial charge is 0.238 e. The molecule has 62 heavy (non-hydrogen) atoms. The van der Waals surface area contributed by atoms with Crippen molar-refractivity contribution in [3.8, 4) is 68.1 Å². The molecular formula is C56H36N6. The maximum absolute atomic E-state index is 5.19. The van der Waals surface area contributed by atoms with Crippen LogP contribution in [0.5, 0.6) is 0 Å². The van der Waals surface area contributed by atoms with Gasteiger partial charge in [0.1, 0.15) is 0 Å². The molecule has 0 bridgehead atoms. The van der Waals surface area contributed by atoms with E-state index in [0.29, 0.717) is 17.6 Å². The summed E-state index contributed by atoms with van der Waals surface area (Å²) >= 11 is 0. The number of aromatic nitrogens is 6. The van der Waals surface area contributed by atoms with Gasteiger partial charge in [-0.05, 0) is 59.7 Å². The lowest BCUT2D eigenvalue weighted by Crippen LogP contribution is -2.06. The topological polar surface area (TPSA) is 61.4 Å². The van der Waals surface area contributed by atoms with Crippen LogP contribution in [0.2, 0.25) is 0 Å². The van der Waals surface area contributed by atoms with Crippen LogP contribution in [0.4, 0.5) is 0 Å². The molecule has 0 unspecified atom stereocenters. The van der Waals surface area contributed by atoms with Crippen molar-refractivity contribution in [1.82, 2.24) is 29.1 Å². The molecule has 4 aromatic heterocycles. The Bertz CT molecular complexity index is 3480. The SMILES string of the molecule is c1ccc(-c2cc(-c3ccc(-n4c5ccccc5c5cc6c7ccccc7n(-c7nc(-c8ccccc8)nc(-c8ccccc8)n7)c6cc54)cc3)cc(-c3ccccc3)n2)cc1. The Hall–Kier alpha value is -8.48. The molecule has 0 aliphatic heterocycles. The first-order valence-electron chi connectivity index (χ1n) is 20.8. The summed E-state index contributed by atoms with van der Waals surface area (Å²) in [5.41, 5.74) is 13.5. The van der Waals surface area contributed by atoms with E-state index in [2.05, 4.69) is 155 Å². The van der Waals surface area contributed by atoms with Crippen LogP contribution >= 0.6 is 0 Å². The van der Waals surface area contributed by atoms with Gasteiger partial charge >= 0.3 is 0 Å². The van der Waals surface area contributed by atoms with Crippen molar-refractivity contribution in [2.75, 3.05) is 0 Å². The summed E-state index contributed by atoms with van der Waals surface area (Å²) in [7, 11) is 0. The van der Waals surface area contributed by atoms with Crippen molar-refractivity contribution < 1.29 is 0 Å². The Balaban J connectivity index is 1.06. The Kier molecular flexibility index (Phi) is 8.38. The molecule has 0 amide bonds. The van der Waals surface area contributed by atoms with Gasteiger partial charge in [0.25, 0.3) is 0 Å². The molecule has 6 nitrogen and oxygen atoms in total. The number of para-hydroxylation sites is 2. The van der Waals surface area contributed by atoms with E-state index in [-0.39, 0.29) is 0 Å². The van der Waals surface area contributed by atoms with Crippen LogP contribution in [0.1, 0.15) is 0 Å². The van der Waals surface area contributed by atoms with Gasteiger partial charge in [-0.25, -0.2) is 9.97 Å². The maximum Gasteiger partial charge on any atom is 0.238 e. The summed E-state index contributed by atoms with van der Waals surface area (Å²) in [4.78, 5) is 20.5. The molecule has 0 atom stereocenters. The lowest BCUT2D eigenvalue weighted by molar-refractivity contribution is 0.953. The molecule has 0 saturated carbocycles. The molecule has 0 N–H and O–H groups in total. The van der Waals surface area contributed by atoms with E-state index in [9.17, 15) is 0 Å². The van der Waals surface area contributed by atoms with Crippen molar-refractivity contribution >= 4 is 43.6 Å². The molecular weight excluding hydrogens is 757 g/mol. The highest BCUT2D eigenvalue weighted by molar-refractivity contribution is 6.19. The van der Waals surface area contributed by atoms with Crippen LogP contribution in [0.15, 0.2) is 218 Å². The zero-order chi connectivity index (χ0) is 41.0. The predicted octanol–water partition coefficient (Wildman–Crippen LogP) is 13.8. The first kappa shape index (κ1) is 35.5. The lowest BCUT2D eigenvalue weighted by Gasteiger charge is -2.13. The first-order valence-corrected chi connectivity index (χ1v) is 20.8. The van der Waals surface area contributed by atoms with Gasteiger partial charge in [0.2, 0.25) is 5.95 Å². The minimum absolute atomic E-state index is 0.567. The number of pyridine rings is 1.